The van der Waals surface area contributed by atoms with E-state index in [1.807, 2.05) is 48.5 Å². The quantitative estimate of drug-likeness (QED) is 0.420. The van der Waals surface area contributed by atoms with Crippen LogP contribution in [0.3, 0.4) is 0 Å². The highest BCUT2D eigenvalue weighted by molar-refractivity contribution is 14.1. The Balaban J connectivity index is 2.19. The van der Waals surface area contributed by atoms with E-state index in [0.29, 0.717) is 5.69 Å². The van der Waals surface area contributed by atoms with Gasteiger partial charge in [-0.1, -0.05) is 34.1 Å². The molecule has 2 aromatic rings. The van der Waals surface area contributed by atoms with E-state index in [-0.39, 0.29) is 5.57 Å². The molecule has 5 heteroatoms. The summed E-state index contributed by atoms with van der Waals surface area (Å²) >= 11 is 5.51. The molecule has 0 radical (unpaired) electrons. The van der Waals surface area contributed by atoms with Crippen molar-refractivity contribution < 1.29 is 4.79 Å². The zero-order chi connectivity index (χ0) is 15.2. The van der Waals surface area contributed by atoms with E-state index < -0.39 is 5.91 Å². The monoisotopic (exact) mass is 452 g/mol. The number of nitrogens with one attached hydrogen (secondary N) is 1. The Morgan fingerprint density at radius 1 is 1.24 bits per heavy atom. The van der Waals surface area contributed by atoms with Crippen molar-refractivity contribution in [2.45, 2.75) is 0 Å². The molecule has 3 nitrogen and oxygen atoms in total. The van der Waals surface area contributed by atoms with Crippen LogP contribution in [0, 0.1) is 14.9 Å². The van der Waals surface area contributed by atoms with Crippen LogP contribution in [0.2, 0.25) is 0 Å². The number of nitriles is 1. The molecule has 0 aromatic heterocycles. The summed E-state index contributed by atoms with van der Waals surface area (Å²) in [6.45, 7) is 0. The van der Waals surface area contributed by atoms with Gasteiger partial charge in [0.1, 0.15) is 11.6 Å². The number of nitrogens with zero attached hydrogens (tertiary/aromatic N) is 1. The molecule has 0 unspecified atom stereocenters. The first-order chi connectivity index (χ1) is 10.1. The van der Waals surface area contributed by atoms with Crippen molar-refractivity contribution in [1.29, 1.82) is 5.26 Å². The number of halogens is 2. The van der Waals surface area contributed by atoms with Gasteiger partial charge < -0.3 is 5.32 Å². The number of carbonyl (C=O) groups excluding carboxylic acids is 1. The average Bonchev–Trinajstić information content (AvgIpc) is 2.46. The van der Waals surface area contributed by atoms with Gasteiger partial charge in [0.2, 0.25) is 0 Å². The van der Waals surface area contributed by atoms with Crippen molar-refractivity contribution in [3.8, 4) is 6.07 Å². The summed E-state index contributed by atoms with van der Waals surface area (Å²) in [4.78, 5) is 12.1. The summed E-state index contributed by atoms with van der Waals surface area (Å²) in [7, 11) is 0. The molecule has 0 spiro atoms. The van der Waals surface area contributed by atoms with Gasteiger partial charge in [-0.05, 0) is 64.6 Å². The summed E-state index contributed by atoms with van der Waals surface area (Å²) in [5.41, 5.74) is 1.53. The molecule has 0 fully saturated rings. The minimum absolute atomic E-state index is 0.0659. The second-order valence-corrected chi connectivity index (χ2v) is 6.35. The van der Waals surface area contributed by atoms with E-state index >= 15 is 0 Å². The summed E-state index contributed by atoms with van der Waals surface area (Å²) in [6.07, 6.45) is 1.57. The second kappa shape index (κ2) is 7.38. The van der Waals surface area contributed by atoms with Crippen molar-refractivity contribution in [1.82, 2.24) is 0 Å². The third-order valence-electron chi connectivity index (χ3n) is 2.63. The Morgan fingerprint density at radius 2 is 1.95 bits per heavy atom. The highest BCUT2D eigenvalue weighted by Crippen LogP contribution is 2.16. The first-order valence-corrected chi connectivity index (χ1v) is 7.90. The van der Waals surface area contributed by atoms with Gasteiger partial charge in [0, 0.05) is 13.7 Å². The number of hydrogen-bond donors (Lipinski definition) is 1. The lowest BCUT2D eigenvalue weighted by molar-refractivity contribution is -0.112. The lowest BCUT2D eigenvalue weighted by Gasteiger charge is -2.04. The predicted molar refractivity (Wildman–Crippen MR) is 95.5 cm³/mol. The van der Waals surface area contributed by atoms with Gasteiger partial charge in [-0.25, -0.2) is 0 Å². The van der Waals surface area contributed by atoms with Crippen LogP contribution in [0.1, 0.15) is 5.56 Å². The average molecular weight is 453 g/mol. The molecule has 21 heavy (non-hydrogen) atoms. The van der Waals surface area contributed by atoms with E-state index in [9.17, 15) is 4.79 Å². The summed E-state index contributed by atoms with van der Waals surface area (Å²) < 4.78 is 1.96. The van der Waals surface area contributed by atoms with Crippen LogP contribution >= 0.6 is 38.5 Å². The van der Waals surface area contributed by atoms with Crippen LogP contribution < -0.4 is 5.32 Å². The predicted octanol–water partition coefficient (Wildman–Crippen LogP) is 4.60. The van der Waals surface area contributed by atoms with Crippen molar-refractivity contribution in [3.05, 3.63) is 67.7 Å². The first kappa shape index (κ1) is 15.7. The third kappa shape index (κ3) is 4.69. The zero-order valence-electron chi connectivity index (χ0n) is 10.8. The molecular formula is C16H10BrIN2O. The van der Waals surface area contributed by atoms with Gasteiger partial charge in [-0.15, -0.1) is 0 Å². The molecule has 0 atom stereocenters. The van der Waals surface area contributed by atoms with Gasteiger partial charge in [-0.3, -0.25) is 4.79 Å². The maximum atomic E-state index is 12.1. The van der Waals surface area contributed by atoms with Crippen LogP contribution in [0.25, 0.3) is 6.08 Å². The minimum atomic E-state index is -0.414. The van der Waals surface area contributed by atoms with Crippen molar-refractivity contribution in [2.75, 3.05) is 5.32 Å². The Labute approximate surface area is 144 Å². The smallest absolute Gasteiger partial charge is 0.266 e. The molecule has 104 valence electrons. The van der Waals surface area contributed by atoms with Gasteiger partial charge in [0.25, 0.3) is 5.91 Å². The normalized spacial score (nSPS) is 10.8. The van der Waals surface area contributed by atoms with Gasteiger partial charge in [0.15, 0.2) is 0 Å². The Kier molecular flexibility index (Phi) is 5.53. The van der Waals surface area contributed by atoms with E-state index in [1.54, 1.807) is 12.1 Å². The van der Waals surface area contributed by atoms with Crippen LogP contribution in [-0.4, -0.2) is 5.91 Å². The minimum Gasteiger partial charge on any atom is -0.321 e. The zero-order valence-corrected chi connectivity index (χ0v) is 14.6. The van der Waals surface area contributed by atoms with Crippen LogP contribution in [0.4, 0.5) is 5.69 Å². The maximum Gasteiger partial charge on any atom is 0.266 e. The first-order valence-electron chi connectivity index (χ1n) is 6.03. The second-order valence-electron chi connectivity index (χ2n) is 4.19. The van der Waals surface area contributed by atoms with Crippen LogP contribution in [-0.2, 0) is 4.79 Å². The van der Waals surface area contributed by atoms with Crippen molar-refractivity contribution in [3.63, 3.8) is 0 Å². The number of hydrogen-bond acceptors (Lipinski definition) is 2. The molecule has 0 aliphatic heterocycles. The molecule has 0 aliphatic carbocycles. The largest absolute Gasteiger partial charge is 0.321 e. The van der Waals surface area contributed by atoms with Gasteiger partial charge in [-0.2, -0.15) is 5.26 Å². The van der Waals surface area contributed by atoms with E-state index in [4.69, 9.17) is 5.26 Å². The Hall–Kier alpha value is -1.65. The number of benzene rings is 2. The van der Waals surface area contributed by atoms with E-state index in [0.717, 1.165) is 13.6 Å². The molecule has 2 aromatic carbocycles. The molecule has 1 amide bonds. The van der Waals surface area contributed by atoms with Crippen molar-refractivity contribution in [2.24, 2.45) is 0 Å². The SMILES string of the molecule is N#C/C(=C\c1ccc(Br)cc1)C(=O)Nc1cccc(I)c1. The standard InChI is InChI=1S/C16H10BrIN2O/c17-13-6-4-11(5-7-13)8-12(10-19)16(21)20-15-3-1-2-14(18)9-15/h1-9H,(H,20,21)/b12-8+. The number of amides is 1. The molecule has 0 bridgehead atoms. The highest BCUT2D eigenvalue weighted by atomic mass is 127. The molecular weight excluding hydrogens is 443 g/mol. The third-order valence-corrected chi connectivity index (χ3v) is 3.83. The molecule has 0 saturated heterocycles. The number of anilines is 1. The van der Waals surface area contributed by atoms with Gasteiger partial charge >= 0.3 is 0 Å². The Morgan fingerprint density at radius 3 is 2.57 bits per heavy atom. The lowest BCUT2D eigenvalue weighted by Crippen LogP contribution is -2.13. The van der Waals surface area contributed by atoms with E-state index in [1.165, 1.54) is 0 Å². The molecule has 1 N–H and O–H groups in total. The maximum absolute atomic E-state index is 12.1. The lowest BCUT2D eigenvalue weighted by atomic mass is 10.1. The van der Waals surface area contributed by atoms with Crippen LogP contribution in [0.5, 0.6) is 0 Å². The topological polar surface area (TPSA) is 52.9 Å². The molecule has 0 aliphatic rings. The molecule has 2 rings (SSSR count). The summed E-state index contributed by atoms with van der Waals surface area (Å²) in [6, 6.07) is 16.7. The van der Waals surface area contributed by atoms with Crippen molar-refractivity contribution >= 4 is 56.2 Å². The van der Waals surface area contributed by atoms with E-state index in [2.05, 4.69) is 43.8 Å². The summed E-state index contributed by atoms with van der Waals surface area (Å²) in [5, 5.41) is 11.9. The summed E-state index contributed by atoms with van der Waals surface area (Å²) in [5.74, 6) is -0.414. The Bertz CT molecular complexity index is 733. The fourth-order valence-electron chi connectivity index (χ4n) is 1.64. The highest BCUT2D eigenvalue weighted by Gasteiger charge is 2.09. The molecule has 0 saturated carbocycles. The number of carbonyl (C=O) groups is 1. The van der Waals surface area contributed by atoms with Crippen LogP contribution in [0.15, 0.2) is 58.6 Å². The van der Waals surface area contributed by atoms with Gasteiger partial charge in [0.05, 0.1) is 0 Å². The molecule has 0 heterocycles. The fourth-order valence-corrected chi connectivity index (χ4v) is 2.45. The number of rotatable bonds is 3. The fraction of sp³-hybridized carbons (Fsp3) is 0.